The maximum atomic E-state index is 12.5. The summed E-state index contributed by atoms with van der Waals surface area (Å²) in [5.74, 6) is -0.398. The predicted octanol–water partition coefficient (Wildman–Crippen LogP) is 6.66. The molecular formula is C29H53ClN5O6Si3. The number of hydrogen-bond donors (Lipinski definition) is 2. The number of amides is 1. The third-order valence-corrected chi connectivity index (χ3v) is 15.7. The second kappa shape index (κ2) is 14.7. The van der Waals surface area contributed by atoms with Crippen molar-refractivity contribution in [1.82, 2.24) is 19.5 Å². The molecule has 2 N–H and O–H groups in total. The molecule has 1 aliphatic heterocycles. The van der Waals surface area contributed by atoms with Gasteiger partial charge in [0.2, 0.25) is 20.9 Å². The van der Waals surface area contributed by atoms with Crippen LogP contribution in [0.1, 0.15) is 75.5 Å². The molecule has 3 heterocycles. The van der Waals surface area contributed by atoms with Crippen LogP contribution >= 0.6 is 11.6 Å². The van der Waals surface area contributed by atoms with E-state index in [0.717, 1.165) is 0 Å². The van der Waals surface area contributed by atoms with Crippen LogP contribution in [0, 0.1) is 5.92 Å². The third-order valence-electron chi connectivity index (χ3n) is 7.73. The number of nitrogens with zero attached hydrogens (tertiary/aromatic N) is 4. The Labute approximate surface area is 271 Å². The normalized spacial score (nSPS) is 21.8. The Balaban J connectivity index is 2.14. The number of nitrogens with one attached hydrogen (secondary N) is 1. The van der Waals surface area contributed by atoms with Crippen molar-refractivity contribution >= 4 is 60.5 Å². The molecule has 2 aromatic rings. The third kappa shape index (κ3) is 8.56. The van der Waals surface area contributed by atoms with Gasteiger partial charge in [0.05, 0.1) is 12.9 Å². The summed E-state index contributed by atoms with van der Waals surface area (Å²) in [4.78, 5) is 37.5. The molecule has 0 aromatic carbocycles. The lowest BCUT2D eigenvalue weighted by atomic mass is 10.1. The molecule has 1 amide bonds. The number of carbonyl (C=O) groups excluding carboxylic acids is 1. The number of aromatic nitrogens is 4. The molecule has 249 valence electrons. The van der Waals surface area contributed by atoms with Crippen molar-refractivity contribution in [1.29, 1.82) is 0 Å². The number of imidazole rings is 1. The van der Waals surface area contributed by atoms with Crippen molar-refractivity contribution in [3.8, 4) is 0 Å². The van der Waals surface area contributed by atoms with Gasteiger partial charge in [0, 0.05) is 5.92 Å². The molecule has 0 bridgehead atoms. The van der Waals surface area contributed by atoms with Gasteiger partial charge in [0.1, 0.15) is 23.8 Å². The lowest BCUT2D eigenvalue weighted by Crippen LogP contribution is -2.50. The molecule has 3 rings (SSSR count). The molecule has 2 aromatic heterocycles. The Kier molecular flexibility index (Phi) is 12.4. The smallest absolute Gasteiger partial charge is 0.340 e. The fraction of sp³-hybridized carbons (Fsp3) is 0.793. The minimum atomic E-state index is -3.08. The van der Waals surface area contributed by atoms with E-state index >= 15 is 0 Å². The van der Waals surface area contributed by atoms with Crippen molar-refractivity contribution in [3.05, 3.63) is 11.5 Å². The molecule has 1 unspecified atom stereocenters. The van der Waals surface area contributed by atoms with Gasteiger partial charge in [0.25, 0.3) is 0 Å². The topological polar surface area (TPSA) is 130 Å². The van der Waals surface area contributed by atoms with Crippen LogP contribution in [0.25, 0.3) is 11.2 Å². The van der Waals surface area contributed by atoms with E-state index in [1.54, 1.807) is 24.7 Å². The maximum absolute atomic E-state index is 12.5. The van der Waals surface area contributed by atoms with Gasteiger partial charge in [-0.25, -0.2) is 4.98 Å². The van der Waals surface area contributed by atoms with Gasteiger partial charge in [-0.15, -0.1) is 0 Å². The molecule has 15 heteroatoms. The summed E-state index contributed by atoms with van der Waals surface area (Å²) in [6.07, 6.45) is -0.557. The second-order valence-corrected chi connectivity index (χ2v) is 26.5. The summed E-state index contributed by atoms with van der Waals surface area (Å²) in [6, 6.07) is 0. The van der Waals surface area contributed by atoms with Crippen LogP contribution in [-0.2, 0) is 22.8 Å². The first-order chi connectivity index (χ1) is 20.3. The lowest BCUT2D eigenvalue weighted by molar-refractivity contribution is -0.118. The van der Waals surface area contributed by atoms with Crippen LogP contribution in [0.4, 0.5) is 5.95 Å². The van der Waals surface area contributed by atoms with Gasteiger partial charge in [-0.05, 0) is 41.8 Å². The van der Waals surface area contributed by atoms with Crippen LogP contribution in [0.3, 0.4) is 0 Å². The van der Waals surface area contributed by atoms with E-state index in [9.17, 15) is 9.59 Å². The summed E-state index contributed by atoms with van der Waals surface area (Å²) < 4.78 is 29.0. The van der Waals surface area contributed by atoms with E-state index in [0.29, 0.717) is 22.2 Å². The van der Waals surface area contributed by atoms with Crippen molar-refractivity contribution in [2.24, 2.45) is 5.92 Å². The molecule has 1 aliphatic rings. The molecule has 44 heavy (non-hydrogen) atoms. The second-order valence-electron chi connectivity index (χ2n) is 14.2. The SMILES string of the molecule is CC(C)C(=O)Nc1nc(Cl)c2ncn([C@@H]3O[C@H](CO[Si](O)(C(C)C)C(C)C)C(O[Si](C(C)C)C(C)C)[C@@H]3O[Si](C)(C)C)c2n1. The molecule has 4 atom stereocenters. The van der Waals surface area contributed by atoms with Gasteiger partial charge >= 0.3 is 8.56 Å². The molecule has 1 saturated heterocycles. The zero-order valence-corrected chi connectivity index (χ0v) is 32.4. The highest BCUT2D eigenvalue weighted by atomic mass is 35.5. The van der Waals surface area contributed by atoms with E-state index in [1.807, 2.05) is 27.7 Å². The van der Waals surface area contributed by atoms with Crippen LogP contribution in [0.2, 0.25) is 47.0 Å². The first-order valence-corrected chi connectivity index (χ1v) is 23.1. The summed E-state index contributed by atoms with van der Waals surface area (Å²) in [6.45, 7) is 26.9. The minimum Gasteiger partial charge on any atom is -0.410 e. The highest BCUT2D eigenvalue weighted by Gasteiger charge is 2.52. The van der Waals surface area contributed by atoms with Crippen LogP contribution in [0.5, 0.6) is 0 Å². The Morgan fingerprint density at radius 2 is 1.64 bits per heavy atom. The lowest BCUT2D eigenvalue weighted by Gasteiger charge is -2.36. The molecule has 1 radical (unpaired) electrons. The number of carbonyl (C=O) groups is 1. The average Bonchev–Trinajstić information content (AvgIpc) is 3.45. The van der Waals surface area contributed by atoms with Gasteiger partial charge in [-0.3, -0.25) is 14.7 Å². The minimum absolute atomic E-state index is 0.00467. The zero-order chi connectivity index (χ0) is 33.3. The molecule has 11 nitrogen and oxygen atoms in total. The van der Waals surface area contributed by atoms with Crippen molar-refractivity contribution in [3.63, 3.8) is 0 Å². The number of rotatable bonds is 14. The quantitative estimate of drug-likeness (QED) is 0.166. The maximum Gasteiger partial charge on any atom is 0.340 e. The fourth-order valence-electron chi connectivity index (χ4n) is 5.43. The number of anilines is 1. The highest BCUT2D eigenvalue weighted by Crippen LogP contribution is 2.41. The van der Waals surface area contributed by atoms with Gasteiger partial charge in [0.15, 0.2) is 25.3 Å². The van der Waals surface area contributed by atoms with E-state index in [1.165, 1.54) is 0 Å². The fourth-order valence-corrected chi connectivity index (χ4v) is 11.6. The summed E-state index contributed by atoms with van der Waals surface area (Å²) >= 11 is 6.54. The average molecular weight is 687 g/mol. The Morgan fingerprint density at radius 1 is 1.05 bits per heavy atom. The Hall–Kier alpha value is -1.24. The van der Waals surface area contributed by atoms with E-state index in [2.05, 4.69) is 67.6 Å². The number of fused-ring (bicyclic) bond motifs is 1. The summed E-state index contributed by atoms with van der Waals surface area (Å²) in [7, 11) is -6.54. The number of halogens is 1. The number of hydrogen-bond acceptors (Lipinski definition) is 9. The zero-order valence-electron chi connectivity index (χ0n) is 28.6. The molecule has 1 fully saturated rings. The van der Waals surface area contributed by atoms with E-state index in [4.69, 9.17) is 29.6 Å². The molecular weight excluding hydrogens is 634 g/mol. The predicted molar refractivity (Wildman–Crippen MR) is 181 cm³/mol. The Morgan fingerprint density at radius 3 is 2.14 bits per heavy atom. The monoisotopic (exact) mass is 686 g/mol. The van der Waals surface area contributed by atoms with Gasteiger partial charge < -0.3 is 22.8 Å². The van der Waals surface area contributed by atoms with Crippen LogP contribution < -0.4 is 5.32 Å². The first kappa shape index (κ1) is 37.2. The highest BCUT2D eigenvalue weighted by molar-refractivity contribution is 6.70. The van der Waals surface area contributed by atoms with Crippen LogP contribution in [0.15, 0.2) is 6.33 Å². The van der Waals surface area contributed by atoms with Crippen molar-refractivity contribution < 1.29 is 27.6 Å². The molecule has 0 saturated carbocycles. The van der Waals surface area contributed by atoms with E-state index < -0.39 is 50.5 Å². The van der Waals surface area contributed by atoms with E-state index in [-0.39, 0.29) is 40.6 Å². The largest absolute Gasteiger partial charge is 0.410 e. The van der Waals surface area contributed by atoms with Gasteiger partial charge in [-0.1, -0.05) is 80.8 Å². The Bertz CT molecular complexity index is 1260. The van der Waals surface area contributed by atoms with Crippen LogP contribution in [-0.4, -0.2) is 81.1 Å². The van der Waals surface area contributed by atoms with Crippen molar-refractivity contribution in [2.45, 2.75) is 136 Å². The summed E-state index contributed by atoms with van der Waals surface area (Å²) in [5.41, 5.74) is 1.48. The first-order valence-electron chi connectivity index (χ1n) is 15.7. The molecule has 0 spiro atoms. The van der Waals surface area contributed by atoms with Crippen molar-refractivity contribution in [2.75, 3.05) is 11.9 Å². The standard InChI is InChI=1S/C29H53ClN5O6Si3/c1-16(2)27(36)34-29-32-25(30)22-26(33-29)35(15-31-22)28-24(41-43(11,12)13)23(40-42(17(3)4)18(5)6)21(39-28)14-38-44(37,19(7)8)20(9)10/h15-21,23-24,28,37H,14H2,1-13H3,(H,32,33,34,36)/t21-,23?,24+,28-/m1/s1. The molecule has 0 aliphatic carbocycles. The van der Waals surface area contributed by atoms with Gasteiger partial charge in [-0.2, -0.15) is 9.97 Å². The number of ether oxygens (including phenoxy) is 1. The summed E-state index contributed by atoms with van der Waals surface area (Å²) in [5, 5.41) is 2.86.